The second-order valence-corrected chi connectivity index (χ2v) is 6.16. The lowest BCUT2D eigenvalue weighted by molar-refractivity contribution is -0.116. The molecule has 0 saturated carbocycles. The van der Waals surface area contributed by atoms with Crippen molar-refractivity contribution in [2.45, 2.75) is 26.2 Å². The van der Waals surface area contributed by atoms with Crippen LogP contribution in [-0.4, -0.2) is 17.5 Å². The molecule has 0 aliphatic carbocycles. The predicted molar refractivity (Wildman–Crippen MR) is 79.5 cm³/mol. The van der Waals surface area contributed by atoms with Crippen molar-refractivity contribution in [3.05, 3.63) is 40.4 Å². The van der Waals surface area contributed by atoms with Gasteiger partial charge < -0.3 is 10.1 Å². The lowest BCUT2D eigenvalue weighted by atomic mass is 9.98. The van der Waals surface area contributed by atoms with Gasteiger partial charge in [0, 0.05) is 22.8 Å². The van der Waals surface area contributed by atoms with E-state index in [1.165, 1.54) is 11.3 Å². The Morgan fingerprint density at radius 3 is 3.00 bits per heavy atom. The first-order chi connectivity index (χ1) is 9.63. The van der Waals surface area contributed by atoms with Crippen molar-refractivity contribution in [1.29, 1.82) is 0 Å². The van der Waals surface area contributed by atoms with E-state index < -0.39 is 0 Å². The van der Waals surface area contributed by atoms with Crippen molar-refractivity contribution in [1.82, 2.24) is 4.98 Å². The highest BCUT2D eigenvalue weighted by Gasteiger charge is 2.26. The Hall–Kier alpha value is -1.88. The molecule has 0 radical (unpaired) electrons. The summed E-state index contributed by atoms with van der Waals surface area (Å²) in [5.41, 5.74) is 2.09. The summed E-state index contributed by atoms with van der Waals surface area (Å²) < 4.78 is 5.59. The van der Waals surface area contributed by atoms with Crippen molar-refractivity contribution in [3.8, 4) is 5.75 Å². The fraction of sp³-hybridized carbons (Fsp3) is 0.333. The molecule has 1 aromatic carbocycles. The minimum atomic E-state index is -0.0101. The Balaban J connectivity index is 1.65. The third kappa shape index (κ3) is 2.54. The van der Waals surface area contributed by atoms with Gasteiger partial charge in [-0.05, 0) is 19.9 Å². The van der Waals surface area contributed by atoms with E-state index in [0.29, 0.717) is 18.2 Å². The molecule has 1 aliphatic rings. The van der Waals surface area contributed by atoms with Crippen LogP contribution in [0.3, 0.4) is 0 Å². The van der Waals surface area contributed by atoms with E-state index in [1.54, 1.807) is 0 Å². The number of rotatable bonds is 3. The van der Waals surface area contributed by atoms with Crippen molar-refractivity contribution < 1.29 is 9.53 Å². The highest BCUT2D eigenvalue weighted by molar-refractivity contribution is 7.15. The quantitative estimate of drug-likeness (QED) is 0.943. The Morgan fingerprint density at radius 1 is 1.45 bits per heavy atom. The summed E-state index contributed by atoms with van der Waals surface area (Å²) in [6, 6.07) is 7.90. The molecule has 3 rings (SSSR count). The first kappa shape index (κ1) is 13.1. The normalized spacial score (nSPS) is 16.6. The van der Waals surface area contributed by atoms with Gasteiger partial charge in [0.2, 0.25) is 5.91 Å². The molecule has 5 heteroatoms. The molecule has 2 heterocycles. The maximum Gasteiger partial charge on any atom is 0.226 e. The summed E-state index contributed by atoms with van der Waals surface area (Å²) in [7, 11) is 0. The van der Waals surface area contributed by atoms with Crippen LogP contribution in [0.2, 0.25) is 0 Å². The molecule has 1 N–H and O–H groups in total. The fourth-order valence-corrected chi connectivity index (χ4v) is 3.15. The van der Waals surface area contributed by atoms with Crippen LogP contribution < -0.4 is 10.1 Å². The van der Waals surface area contributed by atoms with Gasteiger partial charge in [0.1, 0.15) is 5.75 Å². The SMILES string of the molecule is Cc1nc(NC(=O)CC2COc3ccccc32)sc1C. The first-order valence-corrected chi connectivity index (χ1v) is 7.40. The molecule has 1 unspecified atom stereocenters. The summed E-state index contributed by atoms with van der Waals surface area (Å²) in [4.78, 5) is 17.6. The molecule has 1 amide bonds. The topological polar surface area (TPSA) is 51.2 Å². The van der Waals surface area contributed by atoms with Crippen LogP contribution >= 0.6 is 11.3 Å². The number of thiazole rings is 1. The van der Waals surface area contributed by atoms with E-state index in [-0.39, 0.29) is 11.8 Å². The van der Waals surface area contributed by atoms with E-state index in [2.05, 4.69) is 10.3 Å². The zero-order valence-corrected chi connectivity index (χ0v) is 12.3. The number of para-hydroxylation sites is 1. The highest BCUT2D eigenvalue weighted by Crippen LogP contribution is 2.35. The number of carbonyl (C=O) groups excluding carboxylic acids is 1. The Morgan fingerprint density at radius 2 is 2.25 bits per heavy atom. The van der Waals surface area contributed by atoms with Crippen molar-refractivity contribution in [2.75, 3.05) is 11.9 Å². The molecule has 0 saturated heterocycles. The molecule has 0 spiro atoms. The average molecular weight is 288 g/mol. The zero-order valence-electron chi connectivity index (χ0n) is 11.5. The Bertz CT molecular complexity index is 632. The van der Waals surface area contributed by atoms with Crippen LogP contribution in [0.15, 0.2) is 24.3 Å². The summed E-state index contributed by atoms with van der Waals surface area (Å²) in [6.07, 6.45) is 0.425. The van der Waals surface area contributed by atoms with Gasteiger partial charge in [-0.3, -0.25) is 4.79 Å². The summed E-state index contributed by atoms with van der Waals surface area (Å²) in [6.45, 7) is 4.52. The van der Waals surface area contributed by atoms with Gasteiger partial charge in [0.25, 0.3) is 0 Å². The van der Waals surface area contributed by atoms with E-state index in [4.69, 9.17) is 4.74 Å². The minimum Gasteiger partial charge on any atom is -0.493 e. The molecule has 2 aromatic rings. The van der Waals surface area contributed by atoms with Gasteiger partial charge >= 0.3 is 0 Å². The van der Waals surface area contributed by atoms with E-state index in [1.807, 2.05) is 38.1 Å². The number of hydrogen-bond acceptors (Lipinski definition) is 4. The van der Waals surface area contributed by atoms with Crippen LogP contribution in [0.5, 0.6) is 5.75 Å². The Kier molecular flexibility index (Phi) is 3.44. The fourth-order valence-electron chi connectivity index (χ4n) is 2.32. The zero-order chi connectivity index (χ0) is 14.1. The number of benzene rings is 1. The first-order valence-electron chi connectivity index (χ1n) is 6.59. The molecule has 4 nitrogen and oxygen atoms in total. The van der Waals surface area contributed by atoms with Crippen molar-refractivity contribution >= 4 is 22.4 Å². The number of ether oxygens (including phenoxy) is 1. The molecule has 1 aliphatic heterocycles. The Labute approximate surface area is 121 Å². The summed E-state index contributed by atoms with van der Waals surface area (Å²) in [5, 5.41) is 3.55. The van der Waals surface area contributed by atoms with Gasteiger partial charge in [-0.25, -0.2) is 4.98 Å². The largest absolute Gasteiger partial charge is 0.493 e. The van der Waals surface area contributed by atoms with Gasteiger partial charge in [0.05, 0.1) is 12.3 Å². The molecule has 1 atom stereocenters. The number of carbonyl (C=O) groups is 1. The number of anilines is 1. The van der Waals surface area contributed by atoms with Gasteiger partial charge in [0.15, 0.2) is 5.13 Å². The number of nitrogens with one attached hydrogen (secondary N) is 1. The van der Waals surface area contributed by atoms with Crippen molar-refractivity contribution in [3.63, 3.8) is 0 Å². The van der Waals surface area contributed by atoms with Gasteiger partial charge in [-0.1, -0.05) is 18.2 Å². The molecular formula is C15H16N2O2S. The molecule has 0 bridgehead atoms. The van der Waals surface area contributed by atoms with Crippen molar-refractivity contribution in [2.24, 2.45) is 0 Å². The number of fused-ring (bicyclic) bond motifs is 1. The van der Waals surface area contributed by atoms with Gasteiger partial charge in [-0.15, -0.1) is 11.3 Å². The van der Waals surface area contributed by atoms with Crippen LogP contribution in [0.25, 0.3) is 0 Å². The summed E-state index contributed by atoms with van der Waals surface area (Å²) >= 11 is 1.51. The molecule has 104 valence electrons. The maximum absolute atomic E-state index is 12.1. The predicted octanol–water partition coefficient (Wildman–Crippen LogP) is 3.26. The number of aromatic nitrogens is 1. The number of amides is 1. The number of hydrogen-bond donors (Lipinski definition) is 1. The second kappa shape index (κ2) is 5.25. The lowest BCUT2D eigenvalue weighted by Crippen LogP contribution is -2.16. The molecule has 20 heavy (non-hydrogen) atoms. The van der Waals surface area contributed by atoms with Crippen LogP contribution in [0, 0.1) is 13.8 Å². The number of aryl methyl sites for hydroxylation is 2. The number of nitrogens with zero attached hydrogens (tertiary/aromatic N) is 1. The lowest BCUT2D eigenvalue weighted by Gasteiger charge is -2.07. The smallest absolute Gasteiger partial charge is 0.226 e. The maximum atomic E-state index is 12.1. The molecular weight excluding hydrogens is 272 g/mol. The van der Waals surface area contributed by atoms with Gasteiger partial charge in [-0.2, -0.15) is 0 Å². The standard InChI is InChI=1S/C15H16N2O2S/c1-9-10(2)20-15(16-9)17-14(18)7-11-8-19-13-6-4-3-5-12(11)13/h3-6,11H,7-8H2,1-2H3,(H,16,17,18). The monoisotopic (exact) mass is 288 g/mol. The third-order valence-electron chi connectivity index (χ3n) is 3.51. The van der Waals surface area contributed by atoms with Crippen LogP contribution in [-0.2, 0) is 4.79 Å². The average Bonchev–Trinajstić information content (AvgIpc) is 2.95. The third-order valence-corrected chi connectivity index (χ3v) is 4.49. The molecule has 0 fully saturated rings. The van der Waals surface area contributed by atoms with Crippen LogP contribution in [0.4, 0.5) is 5.13 Å². The van der Waals surface area contributed by atoms with E-state index in [0.717, 1.165) is 21.9 Å². The van der Waals surface area contributed by atoms with Crippen LogP contribution in [0.1, 0.15) is 28.5 Å². The van der Waals surface area contributed by atoms with E-state index >= 15 is 0 Å². The molecule has 1 aromatic heterocycles. The second-order valence-electron chi connectivity index (χ2n) is 4.96. The highest BCUT2D eigenvalue weighted by atomic mass is 32.1. The van der Waals surface area contributed by atoms with E-state index in [9.17, 15) is 4.79 Å². The minimum absolute atomic E-state index is 0.0101. The summed E-state index contributed by atoms with van der Waals surface area (Å²) in [5.74, 6) is 1.02.